The Labute approximate surface area is 183 Å². The van der Waals surface area contributed by atoms with Crippen molar-refractivity contribution in [2.24, 2.45) is 0 Å². The second kappa shape index (κ2) is 22.6. The highest BCUT2D eigenvalue weighted by Gasteiger charge is 2.07. The van der Waals surface area contributed by atoms with E-state index in [9.17, 15) is 0 Å². The Morgan fingerprint density at radius 3 is 1.45 bits per heavy atom. The van der Waals surface area contributed by atoms with Gasteiger partial charge in [0, 0.05) is 39.4 Å². The minimum absolute atomic E-state index is 0.963. The van der Waals surface area contributed by atoms with Gasteiger partial charge < -0.3 is 15.0 Å². The molecule has 0 aromatic rings. The molecular formula is C26H54N2O. The topological polar surface area (TPSA) is 24.5 Å². The average Bonchev–Trinajstić information content (AvgIpc) is 2.75. The van der Waals surface area contributed by atoms with Gasteiger partial charge in [0.25, 0.3) is 0 Å². The van der Waals surface area contributed by atoms with Crippen molar-refractivity contribution >= 4 is 0 Å². The zero-order valence-electron chi connectivity index (χ0n) is 20.0. The van der Waals surface area contributed by atoms with Crippen molar-refractivity contribution in [3.05, 3.63) is 0 Å². The maximum absolute atomic E-state index is 5.81. The van der Waals surface area contributed by atoms with Gasteiger partial charge in [0.15, 0.2) is 0 Å². The van der Waals surface area contributed by atoms with Crippen LogP contribution in [0.3, 0.4) is 0 Å². The van der Waals surface area contributed by atoms with Crippen molar-refractivity contribution in [3.8, 4) is 0 Å². The van der Waals surface area contributed by atoms with Gasteiger partial charge in [-0.2, -0.15) is 0 Å². The van der Waals surface area contributed by atoms with Crippen LogP contribution < -0.4 is 5.32 Å². The zero-order valence-corrected chi connectivity index (χ0v) is 20.0. The predicted octanol–water partition coefficient (Wildman–Crippen LogP) is 6.95. The molecule has 0 saturated carbocycles. The van der Waals surface area contributed by atoms with Gasteiger partial charge in [-0.25, -0.2) is 0 Å². The van der Waals surface area contributed by atoms with E-state index in [0.717, 1.165) is 26.3 Å². The third-order valence-electron chi connectivity index (χ3n) is 6.36. The number of ether oxygens (including phenoxy) is 1. The molecule has 0 amide bonds. The van der Waals surface area contributed by atoms with Gasteiger partial charge in [0.2, 0.25) is 0 Å². The molecule has 0 bridgehead atoms. The third kappa shape index (κ3) is 19.6. The van der Waals surface area contributed by atoms with E-state index in [1.165, 1.54) is 135 Å². The Balaban J connectivity index is 1.63. The fourth-order valence-electron chi connectivity index (χ4n) is 4.33. The molecule has 1 heterocycles. The fraction of sp³-hybridized carbons (Fsp3) is 1.00. The van der Waals surface area contributed by atoms with Crippen LogP contribution in [0.15, 0.2) is 0 Å². The van der Waals surface area contributed by atoms with Crippen LogP contribution in [0.1, 0.15) is 122 Å². The first-order valence-corrected chi connectivity index (χ1v) is 13.4. The second-order valence-electron chi connectivity index (χ2n) is 9.21. The lowest BCUT2D eigenvalue weighted by Gasteiger charge is -2.26. The zero-order chi connectivity index (χ0) is 20.7. The number of nitrogens with zero attached hydrogens (tertiary/aromatic N) is 1. The summed E-state index contributed by atoms with van der Waals surface area (Å²) >= 11 is 0. The Bertz CT molecular complexity index is 305. The molecule has 1 saturated heterocycles. The normalized spacial score (nSPS) is 15.2. The Hall–Kier alpha value is -0.120. The standard InChI is InChI=1S/C26H54N2O/c1-2-3-4-5-6-7-8-9-10-11-12-13-14-15-16-18-25-29-26-19-17-22-28-23-20-27-21-24-28/h27H,2-26H2,1H3. The van der Waals surface area contributed by atoms with Gasteiger partial charge in [-0.3, -0.25) is 0 Å². The summed E-state index contributed by atoms with van der Waals surface area (Å²) < 4.78 is 5.81. The highest BCUT2D eigenvalue weighted by Crippen LogP contribution is 2.13. The molecule has 0 aromatic heterocycles. The summed E-state index contributed by atoms with van der Waals surface area (Å²) in [4.78, 5) is 2.58. The van der Waals surface area contributed by atoms with Crippen LogP contribution in [0.4, 0.5) is 0 Å². The molecule has 1 aliphatic heterocycles. The van der Waals surface area contributed by atoms with E-state index in [-0.39, 0.29) is 0 Å². The fourth-order valence-corrected chi connectivity index (χ4v) is 4.33. The molecule has 1 aliphatic rings. The summed E-state index contributed by atoms with van der Waals surface area (Å²) in [7, 11) is 0. The minimum Gasteiger partial charge on any atom is -0.381 e. The largest absolute Gasteiger partial charge is 0.381 e. The maximum atomic E-state index is 5.81. The lowest BCUT2D eigenvalue weighted by molar-refractivity contribution is 0.122. The number of hydrogen-bond acceptors (Lipinski definition) is 3. The molecular weight excluding hydrogens is 356 g/mol. The van der Waals surface area contributed by atoms with Crippen LogP contribution in [-0.4, -0.2) is 50.8 Å². The summed E-state index contributed by atoms with van der Waals surface area (Å²) in [5, 5.41) is 3.41. The van der Waals surface area contributed by atoms with E-state index in [1.54, 1.807) is 0 Å². The smallest absolute Gasteiger partial charge is 0.0466 e. The Kier molecular flexibility index (Phi) is 20.9. The molecule has 0 aliphatic carbocycles. The molecule has 174 valence electrons. The first-order valence-electron chi connectivity index (χ1n) is 13.4. The molecule has 1 fully saturated rings. The summed E-state index contributed by atoms with van der Waals surface area (Å²) in [5.74, 6) is 0. The third-order valence-corrected chi connectivity index (χ3v) is 6.36. The minimum atomic E-state index is 0.963. The van der Waals surface area contributed by atoms with Crippen molar-refractivity contribution in [3.63, 3.8) is 0 Å². The molecule has 0 atom stereocenters. The van der Waals surface area contributed by atoms with Gasteiger partial charge in [-0.1, -0.05) is 103 Å². The van der Waals surface area contributed by atoms with Crippen molar-refractivity contribution in [1.82, 2.24) is 10.2 Å². The van der Waals surface area contributed by atoms with E-state index in [2.05, 4.69) is 17.1 Å². The number of hydrogen-bond donors (Lipinski definition) is 1. The van der Waals surface area contributed by atoms with Gasteiger partial charge >= 0.3 is 0 Å². The van der Waals surface area contributed by atoms with Crippen LogP contribution >= 0.6 is 0 Å². The lowest BCUT2D eigenvalue weighted by Crippen LogP contribution is -2.43. The van der Waals surface area contributed by atoms with Crippen molar-refractivity contribution in [2.75, 3.05) is 45.9 Å². The van der Waals surface area contributed by atoms with Gasteiger partial charge in [0.1, 0.15) is 0 Å². The van der Waals surface area contributed by atoms with Gasteiger partial charge in [-0.05, 0) is 25.8 Å². The highest BCUT2D eigenvalue weighted by atomic mass is 16.5. The Morgan fingerprint density at radius 1 is 0.552 bits per heavy atom. The van der Waals surface area contributed by atoms with Gasteiger partial charge in [0.05, 0.1) is 0 Å². The van der Waals surface area contributed by atoms with Crippen molar-refractivity contribution in [1.29, 1.82) is 0 Å². The molecule has 0 spiro atoms. The van der Waals surface area contributed by atoms with Crippen molar-refractivity contribution < 1.29 is 4.74 Å². The number of unbranched alkanes of at least 4 members (excludes halogenated alkanes) is 16. The molecule has 0 aromatic carbocycles. The Morgan fingerprint density at radius 2 is 0.966 bits per heavy atom. The molecule has 3 heteroatoms. The van der Waals surface area contributed by atoms with Gasteiger partial charge in [-0.15, -0.1) is 0 Å². The van der Waals surface area contributed by atoms with E-state index < -0.39 is 0 Å². The predicted molar refractivity (Wildman–Crippen MR) is 129 cm³/mol. The van der Waals surface area contributed by atoms with E-state index >= 15 is 0 Å². The monoisotopic (exact) mass is 410 g/mol. The highest BCUT2D eigenvalue weighted by molar-refractivity contribution is 4.67. The van der Waals surface area contributed by atoms with Crippen LogP contribution in [0, 0.1) is 0 Å². The lowest BCUT2D eigenvalue weighted by atomic mass is 10.0. The van der Waals surface area contributed by atoms with E-state index in [4.69, 9.17) is 4.74 Å². The molecule has 1 rings (SSSR count). The maximum Gasteiger partial charge on any atom is 0.0466 e. The number of nitrogens with one attached hydrogen (secondary N) is 1. The number of rotatable bonds is 22. The first-order chi connectivity index (χ1) is 14.4. The van der Waals surface area contributed by atoms with E-state index in [1.807, 2.05) is 0 Å². The SMILES string of the molecule is CCCCCCCCCCCCCCCCCCOCCCCN1CCNCC1. The summed E-state index contributed by atoms with van der Waals surface area (Å²) in [5.41, 5.74) is 0. The molecule has 1 N–H and O–H groups in total. The number of piperazine rings is 1. The molecule has 3 nitrogen and oxygen atoms in total. The second-order valence-corrected chi connectivity index (χ2v) is 9.21. The summed E-state index contributed by atoms with van der Waals surface area (Å²) in [6.07, 6.45) is 25.4. The van der Waals surface area contributed by atoms with Crippen molar-refractivity contribution in [2.45, 2.75) is 122 Å². The molecule has 0 unspecified atom stereocenters. The van der Waals surface area contributed by atoms with E-state index in [0.29, 0.717) is 0 Å². The molecule has 29 heavy (non-hydrogen) atoms. The first kappa shape index (κ1) is 26.9. The average molecular weight is 411 g/mol. The summed E-state index contributed by atoms with van der Waals surface area (Å²) in [6.45, 7) is 10.3. The summed E-state index contributed by atoms with van der Waals surface area (Å²) in [6, 6.07) is 0. The van der Waals surface area contributed by atoms with Crippen LogP contribution in [0.5, 0.6) is 0 Å². The molecule has 0 radical (unpaired) electrons. The van der Waals surface area contributed by atoms with Crippen LogP contribution in [-0.2, 0) is 4.74 Å². The quantitative estimate of drug-likeness (QED) is 0.195. The van der Waals surface area contributed by atoms with Crippen LogP contribution in [0.25, 0.3) is 0 Å². The van der Waals surface area contributed by atoms with Crippen LogP contribution in [0.2, 0.25) is 0 Å².